The van der Waals surface area contributed by atoms with E-state index in [-0.39, 0.29) is 12.4 Å². The Labute approximate surface area is 148 Å². The van der Waals surface area contributed by atoms with E-state index in [9.17, 15) is 0 Å². The van der Waals surface area contributed by atoms with Gasteiger partial charge < -0.3 is 14.8 Å². The molecule has 0 radical (unpaired) electrons. The second kappa shape index (κ2) is 8.44. The number of hydrogen-bond donors (Lipinski definition) is 1. The number of benzene rings is 2. The fraction of sp³-hybridized carbons (Fsp3) is 0.333. The standard InChI is InChI=1S/C18H20ClNO2.ClH/c1-21-17-10-14(11-20-15-7-8-15)9-16(19)18(17)22-12-13-5-3-2-4-6-13;/h2-6,9-10,15,20H,7-8,11-12H2,1H3;1H. The van der Waals surface area contributed by atoms with Crippen molar-refractivity contribution in [3.05, 3.63) is 58.6 Å². The van der Waals surface area contributed by atoms with E-state index < -0.39 is 0 Å². The van der Waals surface area contributed by atoms with Crippen LogP contribution in [0.25, 0.3) is 0 Å². The highest BCUT2D eigenvalue weighted by molar-refractivity contribution is 6.32. The fourth-order valence-corrected chi connectivity index (χ4v) is 2.58. The van der Waals surface area contributed by atoms with E-state index in [0.29, 0.717) is 29.2 Å². The molecule has 0 aliphatic heterocycles. The van der Waals surface area contributed by atoms with E-state index in [1.54, 1.807) is 7.11 Å². The Hall–Kier alpha value is -1.42. The van der Waals surface area contributed by atoms with Gasteiger partial charge in [0.25, 0.3) is 0 Å². The van der Waals surface area contributed by atoms with E-state index in [1.807, 2.05) is 42.5 Å². The van der Waals surface area contributed by atoms with E-state index in [2.05, 4.69) is 5.32 Å². The van der Waals surface area contributed by atoms with Crippen LogP contribution in [0.2, 0.25) is 5.02 Å². The average molecular weight is 354 g/mol. The van der Waals surface area contributed by atoms with Crippen LogP contribution in [0.1, 0.15) is 24.0 Å². The number of methoxy groups -OCH3 is 1. The number of nitrogens with one attached hydrogen (secondary N) is 1. The highest BCUT2D eigenvalue weighted by Crippen LogP contribution is 2.37. The van der Waals surface area contributed by atoms with Gasteiger partial charge in [-0.2, -0.15) is 0 Å². The zero-order valence-corrected chi connectivity index (χ0v) is 14.6. The Balaban J connectivity index is 0.00000192. The summed E-state index contributed by atoms with van der Waals surface area (Å²) in [5.41, 5.74) is 2.21. The van der Waals surface area contributed by atoms with Crippen molar-refractivity contribution < 1.29 is 9.47 Å². The number of hydrogen-bond acceptors (Lipinski definition) is 3. The summed E-state index contributed by atoms with van der Waals surface area (Å²) in [6, 6.07) is 14.6. The summed E-state index contributed by atoms with van der Waals surface area (Å²) in [7, 11) is 1.64. The van der Waals surface area contributed by atoms with Gasteiger partial charge in [-0.3, -0.25) is 0 Å². The van der Waals surface area contributed by atoms with Crippen molar-refractivity contribution >= 4 is 24.0 Å². The lowest BCUT2D eigenvalue weighted by Crippen LogP contribution is -2.15. The summed E-state index contributed by atoms with van der Waals surface area (Å²) < 4.78 is 11.3. The predicted octanol–water partition coefficient (Wildman–Crippen LogP) is 4.60. The van der Waals surface area contributed by atoms with E-state index in [4.69, 9.17) is 21.1 Å². The molecule has 5 heteroatoms. The van der Waals surface area contributed by atoms with Crippen molar-refractivity contribution in [1.82, 2.24) is 5.32 Å². The fourth-order valence-electron chi connectivity index (χ4n) is 2.29. The molecule has 1 aliphatic carbocycles. The summed E-state index contributed by atoms with van der Waals surface area (Å²) in [6.45, 7) is 1.27. The molecular weight excluding hydrogens is 333 g/mol. The molecule has 0 saturated heterocycles. The molecule has 1 saturated carbocycles. The van der Waals surface area contributed by atoms with Crippen LogP contribution in [0.4, 0.5) is 0 Å². The SMILES string of the molecule is COc1cc(CNC2CC2)cc(Cl)c1OCc1ccccc1.Cl. The van der Waals surface area contributed by atoms with Gasteiger partial charge in [0, 0.05) is 12.6 Å². The van der Waals surface area contributed by atoms with E-state index in [0.717, 1.165) is 17.7 Å². The van der Waals surface area contributed by atoms with Gasteiger partial charge in [-0.25, -0.2) is 0 Å². The lowest BCUT2D eigenvalue weighted by molar-refractivity contribution is 0.284. The Kier molecular flexibility index (Phi) is 6.58. The van der Waals surface area contributed by atoms with Crippen molar-refractivity contribution in [3.8, 4) is 11.5 Å². The molecule has 1 aliphatic rings. The van der Waals surface area contributed by atoms with Gasteiger partial charge in [-0.1, -0.05) is 41.9 Å². The quantitative estimate of drug-likeness (QED) is 0.788. The summed E-state index contributed by atoms with van der Waals surface area (Å²) in [4.78, 5) is 0. The second-order valence-corrected chi connectivity index (χ2v) is 5.95. The first kappa shape index (κ1) is 17.9. The number of rotatable bonds is 7. The summed E-state index contributed by atoms with van der Waals surface area (Å²) in [5, 5.41) is 4.06. The van der Waals surface area contributed by atoms with E-state index >= 15 is 0 Å². The maximum Gasteiger partial charge on any atom is 0.180 e. The van der Waals surface area contributed by atoms with Crippen molar-refractivity contribution in [2.24, 2.45) is 0 Å². The van der Waals surface area contributed by atoms with Crippen LogP contribution in [0, 0.1) is 0 Å². The first-order chi connectivity index (χ1) is 10.8. The molecule has 0 bridgehead atoms. The molecule has 2 aromatic rings. The molecule has 1 N–H and O–H groups in total. The van der Waals surface area contributed by atoms with Crippen LogP contribution in [-0.2, 0) is 13.2 Å². The monoisotopic (exact) mass is 353 g/mol. The number of halogens is 2. The Bertz CT molecular complexity index is 630. The average Bonchev–Trinajstić information content (AvgIpc) is 3.36. The van der Waals surface area contributed by atoms with Gasteiger partial charge in [0.15, 0.2) is 11.5 Å². The smallest absolute Gasteiger partial charge is 0.180 e. The minimum Gasteiger partial charge on any atom is -0.493 e. The van der Waals surface area contributed by atoms with Crippen LogP contribution in [0.3, 0.4) is 0 Å². The minimum absolute atomic E-state index is 0. The molecule has 3 nitrogen and oxygen atoms in total. The molecule has 23 heavy (non-hydrogen) atoms. The second-order valence-electron chi connectivity index (χ2n) is 5.54. The summed E-state index contributed by atoms with van der Waals surface area (Å²) in [6.07, 6.45) is 2.53. The maximum absolute atomic E-state index is 6.38. The van der Waals surface area contributed by atoms with Gasteiger partial charge in [-0.05, 0) is 36.1 Å². The van der Waals surface area contributed by atoms with E-state index in [1.165, 1.54) is 12.8 Å². The molecule has 3 rings (SSSR count). The van der Waals surface area contributed by atoms with Crippen molar-refractivity contribution in [1.29, 1.82) is 0 Å². The topological polar surface area (TPSA) is 30.5 Å². The Morgan fingerprint density at radius 3 is 2.52 bits per heavy atom. The largest absolute Gasteiger partial charge is 0.493 e. The summed E-state index contributed by atoms with van der Waals surface area (Å²) in [5.74, 6) is 1.28. The zero-order valence-electron chi connectivity index (χ0n) is 13.0. The molecule has 0 amide bonds. The highest BCUT2D eigenvalue weighted by Gasteiger charge is 2.20. The third-order valence-corrected chi connectivity index (χ3v) is 3.97. The first-order valence-corrected chi connectivity index (χ1v) is 7.90. The van der Waals surface area contributed by atoms with Crippen LogP contribution in [0.15, 0.2) is 42.5 Å². The van der Waals surface area contributed by atoms with Crippen molar-refractivity contribution in [2.75, 3.05) is 7.11 Å². The number of ether oxygens (including phenoxy) is 2. The van der Waals surface area contributed by atoms with Gasteiger partial charge in [0.1, 0.15) is 6.61 Å². The predicted molar refractivity (Wildman–Crippen MR) is 95.9 cm³/mol. The van der Waals surface area contributed by atoms with Crippen LogP contribution >= 0.6 is 24.0 Å². The van der Waals surface area contributed by atoms with Gasteiger partial charge >= 0.3 is 0 Å². The van der Waals surface area contributed by atoms with Gasteiger partial charge in [0.2, 0.25) is 0 Å². The molecule has 0 spiro atoms. The normalized spacial score (nSPS) is 13.3. The zero-order chi connectivity index (χ0) is 15.4. The molecule has 2 aromatic carbocycles. The minimum atomic E-state index is 0. The van der Waals surface area contributed by atoms with Crippen LogP contribution in [0.5, 0.6) is 11.5 Å². The third-order valence-electron chi connectivity index (χ3n) is 3.69. The molecule has 0 atom stereocenters. The molecule has 0 unspecified atom stereocenters. The molecule has 0 aromatic heterocycles. The van der Waals surface area contributed by atoms with Crippen molar-refractivity contribution in [2.45, 2.75) is 32.0 Å². The molecule has 0 heterocycles. The van der Waals surface area contributed by atoms with Crippen molar-refractivity contribution in [3.63, 3.8) is 0 Å². The van der Waals surface area contributed by atoms with Crippen LogP contribution < -0.4 is 14.8 Å². The Morgan fingerprint density at radius 1 is 1.13 bits per heavy atom. The lowest BCUT2D eigenvalue weighted by Gasteiger charge is -2.14. The molecule has 124 valence electrons. The van der Waals surface area contributed by atoms with Gasteiger partial charge in [0.05, 0.1) is 12.1 Å². The first-order valence-electron chi connectivity index (χ1n) is 7.53. The highest BCUT2D eigenvalue weighted by atomic mass is 35.5. The third kappa shape index (κ3) is 5.03. The molecule has 1 fully saturated rings. The Morgan fingerprint density at radius 2 is 1.87 bits per heavy atom. The summed E-state index contributed by atoms with van der Waals surface area (Å²) >= 11 is 6.38. The van der Waals surface area contributed by atoms with Crippen LogP contribution in [-0.4, -0.2) is 13.2 Å². The van der Waals surface area contributed by atoms with Gasteiger partial charge in [-0.15, -0.1) is 12.4 Å². The molecular formula is C18H21Cl2NO2. The maximum atomic E-state index is 6.38. The lowest BCUT2D eigenvalue weighted by atomic mass is 10.2.